The third-order valence-electron chi connectivity index (χ3n) is 3.02. The molecule has 1 heterocycles. The zero-order chi connectivity index (χ0) is 14.5. The second kappa shape index (κ2) is 7.16. The van der Waals surface area contributed by atoms with Crippen molar-refractivity contribution in [2.45, 2.75) is 19.4 Å². The number of hydrogen-bond donors (Lipinski definition) is 1. The summed E-state index contributed by atoms with van der Waals surface area (Å²) in [5, 5.41) is 4.04. The first kappa shape index (κ1) is 15.4. The maximum absolute atomic E-state index is 13.3. The SMILES string of the molecule is CCNC(Cc1ccc(Br)cc1Cl)c1cncc(F)c1. The van der Waals surface area contributed by atoms with Crippen LogP contribution >= 0.6 is 27.5 Å². The van der Waals surface area contributed by atoms with E-state index in [2.05, 4.69) is 26.2 Å². The molecule has 0 spiro atoms. The Balaban J connectivity index is 2.25. The summed E-state index contributed by atoms with van der Waals surface area (Å²) in [6.07, 6.45) is 3.58. The summed E-state index contributed by atoms with van der Waals surface area (Å²) in [5.74, 6) is -0.327. The van der Waals surface area contributed by atoms with Gasteiger partial charge < -0.3 is 5.32 Å². The number of nitrogens with zero attached hydrogens (tertiary/aromatic N) is 1. The Bertz CT molecular complexity index is 592. The summed E-state index contributed by atoms with van der Waals surface area (Å²) >= 11 is 9.63. The number of likely N-dealkylation sites (N-methyl/N-ethyl adjacent to an activating group) is 1. The number of aromatic nitrogens is 1. The van der Waals surface area contributed by atoms with Crippen molar-refractivity contribution in [1.29, 1.82) is 0 Å². The molecule has 2 aromatic rings. The molecule has 5 heteroatoms. The highest BCUT2D eigenvalue weighted by Gasteiger charge is 2.14. The van der Waals surface area contributed by atoms with Gasteiger partial charge in [0.15, 0.2) is 0 Å². The number of pyridine rings is 1. The minimum absolute atomic E-state index is 0.0122. The Kier molecular flexibility index (Phi) is 5.52. The summed E-state index contributed by atoms with van der Waals surface area (Å²) in [6.45, 7) is 2.80. The summed E-state index contributed by atoms with van der Waals surface area (Å²) in [6, 6.07) is 7.29. The van der Waals surface area contributed by atoms with Crippen LogP contribution in [0.4, 0.5) is 4.39 Å². The molecule has 106 valence electrons. The van der Waals surface area contributed by atoms with Crippen LogP contribution in [0.25, 0.3) is 0 Å². The predicted octanol–water partition coefficient (Wildman–Crippen LogP) is 4.53. The second-order valence-corrected chi connectivity index (χ2v) is 5.81. The van der Waals surface area contributed by atoms with Gasteiger partial charge in [-0.15, -0.1) is 0 Å². The van der Waals surface area contributed by atoms with Gasteiger partial charge in [-0.25, -0.2) is 4.39 Å². The molecule has 20 heavy (non-hydrogen) atoms. The van der Waals surface area contributed by atoms with E-state index in [-0.39, 0.29) is 11.9 Å². The van der Waals surface area contributed by atoms with Crippen LogP contribution in [0.1, 0.15) is 24.1 Å². The lowest BCUT2D eigenvalue weighted by Crippen LogP contribution is -2.23. The van der Waals surface area contributed by atoms with Gasteiger partial charge in [0.05, 0.1) is 6.20 Å². The molecule has 0 aliphatic rings. The lowest BCUT2D eigenvalue weighted by molar-refractivity contribution is 0.539. The van der Waals surface area contributed by atoms with E-state index in [0.29, 0.717) is 11.4 Å². The molecule has 2 nitrogen and oxygen atoms in total. The van der Waals surface area contributed by atoms with E-state index in [9.17, 15) is 4.39 Å². The van der Waals surface area contributed by atoms with Gasteiger partial charge in [-0.3, -0.25) is 4.98 Å². The van der Waals surface area contributed by atoms with E-state index in [0.717, 1.165) is 22.1 Å². The lowest BCUT2D eigenvalue weighted by atomic mass is 10.00. The smallest absolute Gasteiger partial charge is 0.141 e. The average Bonchev–Trinajstić information content (AvgIpc) is 2.41. The molecule has 2 rings (SSSR count). The normalized spacial score (nSPS) is 12.4. The molecule has 0 aliphatic heterocycles. The Morgan fingerprint density at radius 3 is 2.80 bits per heavy atom. The van der Waals surface area contributed by atoms with Gasteiger partial charge in [0.1, 0.15) is 5.82 Å². The van der Waals surface area contributed by atoms with E-state index < -0.39 is 0 Å². The second-order valence-electron chi connectivity index (χ2n) is 4.49. The summed E-state index contributed by atoms with van der Waals surface area (Å²) in [5.41, 5.74) is 1.84. The number of benzene rings is 1. The molecule has 0 bridgehead atoms. The Labute approximate surface area is 131 Å². The molecule has 0 saturated heterocycles. The molecule has 0 saturated carbocycles. The van der Waals surface area contributed by atoms with Gasteiger partial charge in [0.2, 0.25) is 0 Å². The minimum atomic E-state index is -0.327. The Morgan fingerprint density at radius 2 is 2.15 bits per heavy atom. The Morgan fingerprint density at radius 1 is 1.35 bits per heavy atom. The predicted molar refractivity (Wildman–Crippen MR) is 83.5 cm³/mol. The molecule has 0 amide bonds. The number of hydrogen-bond acceptors (Lipinski definition) is 2. The van der Waals surface area contributed by atoms with Crippen molar-refractivity contribution >= 4 is 27.5 Å². The fraction of sp³-hybridized carbons (Fsp3) is 0.267. The first-order valence-corrected chi connectivity index (χ1v) is 7.55. The molecule has 1 aromatic heterocycles. The highest BCUT2D eigenvalue weighted by molar-refractivity contribution is 9.10. The lowest BCUT2D eigenvalue weighted by Gasteiger charge is -2.19. The zero-order valence-electron chi connectivity index (χ0n) is 11.0. The number of rotatable bonds is 5. The van der Waals surface area contributed by atoms with Crippen molar-refractivity contribution in [3.63, 3.8) is 0 Å². The van der Waals surface area contributed by atoms with E-state index in [1.807, 2.05) is 25.1 Å². The molecular weight excluding hydrogens is 343 g/mol. The van der Waals surface area contributed by atoms with Crippen molar-refractivity contribution in [2.75, 3.05) is 6.54 Å². The largest absolute Gasteiger partial charge is 0.310 e. The van der Waals surface area contributed by atoms with Gasteiger partial charge in [0.25, 0.3) is 0 Å². The zero-order valence-corrected chi connectivity index (χ0v) is 13.4. The van der Waals surface area contributed by atoms with Gasteiger partial charge in [0, 0.05) is 21.7 Å². The van der Waals surface area contributed by atoms with Crippen LogP contribution in [0.3, 0.4) is 0 Å². The van der Waals surface area contributed by atoms with Crippen LogP contribution < -0.4 is 5.32 Å². The highest BCUT2D eigenvalue weighted by atomic mass is 79.9. The standard InChI is InChI=1S/C15H15BrClFN2/c1-2-20-15(11-5-13(18)9-19-8-11)6-10-3-4-12(16)7-14(10)17/h3-5,7-9,15,20H,2,6H2,1H3. The van der Waals surface area contributed by atoms with E-state index in [1.165, 1.54) is 12.3 Å². The van der Waals surface area contributed by atoms with Crippen LogP contribution in [0.15, 0.2) is 41.1 Å². The first-order valence-electron chi connectivity index (χ1n) is 6.38. The molecule has 1 N–H and O–H groups in total. The highest BCUT2D eigenvalue weighted by Crippen LogP contribution is 2.26. The van der Waals surface area contributed by atoms with Crippen molar-refractivity contribution < 1.29 is 4.39 Å². The van der Waals surface area contributed by atoms with E-state index in [1.54, 1.807) is 6.20 Å². The van der Waals surface area contributed by atoms with Crippen molar-refractivity contribution in [3.05, 3.63) is 63.1 Å². The first-order chi connectivity index (χ1) is 9.60. The quantitative estimate of drug-likeness (QED) is 0.850. The fourth-order valence-corrected chi connectivity index (χ4v) is 2.83. The topological polar surface area (TPSA) is 24.9 Å². The van der Waals surface area contributed by atoms with Gasteiger partial charge >= 0.3 is 0 Å². The minimum Gasteiger partial charge on any atom is -0.310 e. The van der Waals surface area contributed by atoms with Gasteiger partial charge in [-0.1, -0.05) is 40.5 Å². The van der Waals surface area contributed by atoms with Crippen molar-refractivity contribution in [1.82, 2.24) is 10.3 Å². The molecule has 1 atom stereocenters. The monoisotopic (exact) mass is 356 g/mol. The third-order valence-corrected chi connectivity index (χ3v) is 3.86. The van der Waals surface area contributed by atoms with Crippen molar-refractivity contribution in [2.24, 2.45) is 0 Å². The Hall–Kier alpha value is -0.970. The van der Waals surface area contributed by atoms with Crippen molar-refractivity contribution in [3.8, 4) is 0 Å². The molecular formula is C15H15BrClFN2. The van der Waals surface area contributed by atoms with Crippen LogP contribution in [-0.4, -0.2) is 11.5 Å². The van der Waals surface area contributed by atoms with Gasteiger partial charge in [-0.05, 0) is 42.3 Å². The number of nitrogens with one attached hydrogen (secondary N) is 1. The molecule has 1 aromatic carbocycles. The van der Waals surface area contributed by atoms with Crippen LogP contribution in [0.5, 0.6) is 0 Å². The fourth-order valence-electron chi connectivity index (χ4n) is 2.08. The van der Waals surface area contributed by atoms with Crippen LogP contribution in [0.2, 0.25) is 5.02 Å². The summed E-state index contributed by atoms with van der Waals surface area (Å²) in [7, 11) is 0. The molecule has 1 unspecified atom stereocenters. The summed E-state index contributed by atoms with van der Waals surface area (Å²) in [4.78, 5) is 3.91. The molecule has 0 aliphatic carbocycles. The molecule has 0 radical (unpaired) electrons. The third kappa shape index (κ3) is 4.01. The number of halogens is 3. The maximum atomic E-state index is 13.3. The van der Waals surface area contributed by atoms with E-state index in [4.69, 9.17) is 11.6 Å². The van der Waals surface area contributed by atoms with Crippen LogP contribution in [0, 0.1) is 5.82 Å². The maximum Gasteiger partial charge on any atom is 0.141 e. The van der Waals surface area contributed by atoms with Gasteiger partial charge in [-0.2, -0.15) is 0 Å². The van der Waals surface area contributed by atoms with E-state index >= 15 is 0 Å². The van der Waals surface area contributed by atoms with Crippen LogP contribution in [-0.2, 0) is 6.42 Å². The summed E-state index contributed by atoms with van der Waals surface area (Å²) < 4.78 is 14.3. The molecule has 0 fully saturated rings. The average molecular weight is 358 g/mol.